The van der Waals surface area contributed by atoms with Crippen LogP contribution in [-0.4, -0.2) is 144 Å². The number of hydrogen-bond acceptors (Lipinski definition) is 8. The van der Waals surface area contributed by atoms with E-state index in [0.717, 1.165) is 89.4 Å². The van der Waals surface area contributed by atoms with Crippen molar-refractivity contribution < 1.29 is 19.7 Å². The van der Waals surface area contributed by atoms with Crippen LogP contribution < -0.4 is 0 Å². The monoisotopic (exact) mass is 629 g/mol. The first kappa shape index (κ1) is 41.7. The molecule has 0 amide bonds. The van der Waals surface area contributed by atoms with Crippen LogP contribution in [0.25, 0.3) is 0 Å². The molecule has 5 saturated heterocycles. The van der Waals surface area contributed by atoms with Crippen LogP contribution in [0.15, 0.2) is 0 Å². The Morgan fingerprint density at radius 1 is 0.568 bits per heavy atom. The third-order valence-corrected chi connectivity index (χ3v) is 9.85. The van der Waals surface area contributed by atoms with Crippen molar-refractivity contribution in [2.45, 2.75) is 163 Å². The van der Waals surface area contributed by atoms with E-state index < -0.39 is 0 Å². The van der Waals surface area contributed by atoms with Crippen molar-refractivity contribution >= 4 is 0 Å². The van der Waals surface area contributed by atoms with E-state index in [4.69, 9.17) is 9.47 Å². The summed E-state index contributed by atoms with van der Waals surface area (Å²) in [6.07, 6.45) is 8.60. The molecule has 44 heavy (non-hydrogen) atoms. The largest absolute Gasteiger partial charge is 0.393 e. The van der Waals surface area contributed by atoms with Crippen molar-refractivity contribution in [2.24, 2.45) is 5.92 Å². The Bertz CT molecular complexity index is 680. The van der Waals surface area contributed by atoms with E-state index >= 15 is 0 Å². The van der Waals surface area contributed by atoms with Crippen LogP contribution in [0.4, 0.5) is 0 Å². The second kappa shape index (κ2) is 22.3. The highest BCUT2D eigenvalue weighted by Gasteiger charge is 2.40. The molecule has 5 aliphatic rings. The Morgan fingerprint density at radius 3 is 1.59 bits per heavy atom. The number of ether oxygens (including phenoxy) is 2. The Hall–Kier alpha value is -0.320. The second-order valence-electron chi connectivity index (χ2n) is 14.8. The smallest absolute Gasteiger partial charge is 0.0900 e. The first-order chi connectivity index (χ1) is 20.4. The third kappa shape index (κ3) is 15.5. The first-order valence-corrected chi connectivity index (χ1v) is 17.9. The molecule has 5 rings (SSSR count). The number of hydrogen-bond donors (Lipinski definition) is 2. The van der Waals surface area contributed by atoms with E-state index in [1.165, 1.54) is 38.6 Å². The molecule has 0 spiro atoms. The van der Waals surface area contributed by atoms with Gasteiger partial charge in [0, 0.05) is 82.1 Å². The molecule has 0 aromatic carbocycles. The number of rotatable bonds is 4. The molecule has 264 valence electrons. The normalized spacial score (nSPS) is 29.5. The van der Waals surface area contributed by atoms with Gasteiger partial charge in [0.1, 0.15) is 0 Å². The van der Waals surface area contributed by atoms with Gasteiger partial charge in [-0.3, -0.25) is 14.7 Å². The van der Waals surface area contributed by atoms with Gasteiger partial charge >= 0.3 is 0 Å². The molecule has 3 atom stereocenters. The van der Waals surface area contributed by atoms with Crippen molar-refractivity contribution in [3.8, 4) is 0 Å². The van der Waals surface area contributed by atoms with Crippen molar-refractivity contribution in [2.75, 3.05) is 65.7 Å². The summed E-state index contributed by atoms with van der Waals surface area (Å²) in [5.74, 6) is 0.984. The highest BCUT2D eigenvalue weighted by atomic mass is 16.5. The third-order valence-electron chi connectivity index (χ3n) is 9.85. The summed E-state index contributed by atoms with van der Waals surface area (Å²) in [4.78, 5) is 9.87. The maximum absolute atomic E-state index is 9.34. The van der Waals surface area contributed by atoms with Gasteiger partial charge in [0.2, 0.25) is 0 Å². The van der Waals surface area contributed by atoms with Crippen LogP contribution in [-0.2, 0) is 9.47 Å². The number of likely N-dealkylation sites (tertiary alicyclic amines) is 1. The van der Waals surface area contributed by atoms with E-state index in [-0.39, 0.29) is 19.6 Å². The summed E-state index contributed by atoms with van der Waals surface area (Å²) >= 11 is 0. The molecular formula is C36H76N4O4. The zero-order valence-electron chi connectivity index (χ0n) is 29.7. The summed E-state index contributed by atoms with van der Waals surface area (Å²) in [6.45, 7) is 29.5. The number of β-amino-alcohol motifs (C(OH)–C–C–N with tert-alkyl or cyclic N) is 1. The molecule has 5 aliphatic heterocycles. The van der Waals surface area contributed by atoms with Gasteiger partial charge in [0.25, 0.3) is 0 Å². The first-order valence-electron chi connectivity index (χ1n) is 17.9. The fourth-order valence-electron chi connectivity index (χ4n) is 7.30. The van der Waals surface area contributed by atoms with Gasteiger partial charge < -0.3 is 24.6 Å². The summed E-state index contributed by atoms with van der Waals surface area (Å²) in [7, 11) is 0. The fourth-order valence-corrected chi connectivity index (χ4v) is 7.30. The minimum Gasteiger partial charge on any atom is -0.393 e. The molecule has 3 unspecified atom stereocenters. The molecule has 5 fully saturated rings. The van der Waals surface area contributed by atoms with Gasteiger partial charge in [-0.25, -0.2) is 0 Å². The molecule has 0 radical (unpaired) electrons. The molecule has 5 heterocycles. The van der Waals surface area contributed by atoms with E-state index in [1.807, 2.05) is 0 Å². The molecule has 0 aromatic rings. The van der Waals surface area contributed by atoms with Crippen LogP contribution in [0.3, 0.4) is 0 Å². The summed E-state index contributed by atoms with van der Waals surface area (Å²) in [6, 6.07) is 4.47. The average molecular weight is 629 g/mol. The van der Waals surface area contributed by atoms with Crippen LogP contribution in [0.1, 0.15) is 115 Å². The maximum atomic E-state index is 9.34. The minimum absolute atomic E-state index is 0. The number of piperidine rings is 2. The number of aliphatic hydroxyl groups is 2. The van der Waals surface area contributed by atoms with E-state index in [2.05, 4.69) is 81.9 Å². The summed E-state index contributed by atoms with van der Waals surface area (Å²) in [5.41, 5.74) is 0. The zero-order chi connectivity index (χ0) is 31.9. The minimum atomic E-state index is -0.306. The van der Waals surface area contributed by atoms with Crippen LogP contribution in [0, 0.1) is 5.92 Å². The highest BCUT2D eigenvalue weighted by Crippen LogP contribution is 2.39. The second-order valence-corrected chi connectivity index (χ2v) is 14.8. The zero-order valence-corrected chi connectivity index (χ0v) is 29.7. The van der Waals surface area contributed by atoms with Crippen LogP contribution >= 0.6 is 0 Å². The van der Waals surface area contributed by atoms with Gasteiger partial charge in [-0.05, 0) is 106 Å². The summed E-state index contributed by atoms with van der Waals surface area (Å²) in [5, 5.41) is 18.5. The van der Waals surface area contributed by atoms with E-state index in [9.17, 15) is 10.2 Å². The lowest BCUT2D eigenvalue weighted by molar-refractivity contribution is 0.0552. The van der Waals surface area contributed by atoms with Gasteiger partial charge in [-0.15, -0.1) is 0 Å². The Labute approximate surface area is 273 Å². The van der Waals surface area contributed by atoms with Crippen LogP contribution in [0.5, 0.6) is 0 Å². The van der Waals surface area contributed by atoms with E-state index in [1.54, 1.807) is 0 Å². The standard InChI is InChI=1S/C11H21N.C8H17NO2.2C8H17NO.CH4/c1-8(2)12-10-4-5-11(12)7-9(3)6-10;1-7(2)9-3-4-11-6-8(10)5-9;1-7(2)9-5-3-8(10)4-6-9;1-8(2)9-4-3-6-10-7-5-9;/h8-11H,4-7H2,1-3H3;7-8,10H,3-6H2,1-2H3;7-8,10H,3-6H2,1-2H3;8H,3-7H2,1-2H3;1H4. The molecule has 8 heteroatoms. The molecule has 2 bridgehead atoms. The number of aliphatic hydroxyl groups excluding tert-OH is 2. The fraction of sp³-hybridized carbons (Fsp3) is 1.00. The molecule has 2 N–H and O–H groups in total. The lowest BCUT2D eigenvalue weighted by Crippen LogP contribution is -2.46. The number of nitrogens with zero attached hydrogens (tertiary/aromatic N) is 4. The van der Waals surface area contributed by atoms with Crippen molar-refractivity contribution in [3.05, 3.63) is 0 Å². The van der Waals surface area contributed by atoms with Crippen LogP contribution in [0.2, 0.25) is 0 Å². The number of fused-ring (bicyclic) bond motifs is 2. The molecule has 0 saturated carbocycles. The molecule has 0 aromatic heterocycles. The van der Waals surface area contributed by atoms with E-state index in [0.29, 0.717) is 24.7 Å². The average Bonchev–Trinajstić information content (AvgIpc) is 3.19. The lowest BCUT2D eigenvalue weighted by atomic mass is 9.91. The molecule has 0 aliphatic carbocycles. The van der Waals surface area contributed by atoms with Gasteiger partial charge in [-0.2, -0.15) is 0 Å². The molecule has 8 nitrogen and oxygen atoms in total. The van der Waals surface area contributed by atoms with Crippen molar-refractivity contribution in [1.82, 2.24) is 19.6 Å². The van der Waals surface area contributed by atoms with Gasteiger partial charge in [-0.1, -0.05) is 14.4 Å². The topological polar surface area (TPSA) is 71.9 Å². The SMILES string of the molecule is C.CC(C)N1CCC(O)CC1.CC(C)N1CCCOCC1.CC(C)N1CCOCC(O)C1.CC1CC2CCC(C1)N2C(C)C. The predicted molar refractivity (Wildman–Crippen MR) is 187 cm³/mol. The van der Waals surface area contributed by atoms with Crippen molar-refractivity contribution in [1.29, 1.82) is 0 Å². The van der Waals surface area contributed by atoms with Gasteiger partial charge in [0.15, 0.2) is 0 Å². The molecular weight excluding hydrogens is 552 g/mol. The Morgan fingerprint density at radius 2 is 1.07 bits per heavy atom. The quantitative estimate of drug-likeness (QED) is 0.432. The summed E-state index contributed by atoms with van der Waals surface area (Å²) < 4.78 is 10.5. The Kier molecular flexibility index (Phi) is 21.1. The maximum Gasteiger partial charge on any atom is 0.0900 e. The van der Waals surface area contributed by atoms with Gasteiger partial charge in [0.05, 0.1) is 32.0 Å². The highest BCUT2D eigenvalue weighted by molar-refractivity contribution is 4.95. The Balaban J connectivity index is 0.000000292. The van der Waals surface area contributed by atoms with Crippen molar-refractivity contribution in [3.63, 3.8) is 0 Å². The predicted octanol–water partition coefficient (Wildman–Crippen LogP) is 5.35. The lowest BCUT2D eigenvalue weighted by Gasteiger charge is -2.40.